The van der Waals surface area contributed by atoms with Crippen LogP contribution in [-0.2, 0) is 13.0 Å². The summed E-state index contributed by atoms with van der Waals surface area (Å²) < 4.78 is 27.9. The maximum Gasteiger partial charge on any atom is 0.272 e. The van der Waals surface area contributed by atoms with Crippen LogP contribution in [0.3, 0.4) is 0 Å². The van der Waals surface area contributed by atoms with Gasteiger partial charge in [-0.2, -0.15) is 0 Å². The van der Waals surface area contributed by atoms with Crippen molar-refractivity contribution in [3.63, 3.8) is 0 Å². The third-order valence-corrected chi connectivity index (χ3v) is 4.99. The Kier molecular flexibility index (Phi) is 4.32. The van der Waals surface area contributed by atoms with Gasteiger partial charge in [0.05, 0.1) is 0 Å². The monoisotopic (exact) mass is 358 g/mol. The van der Waals surface area contributed by atoms with Crippen molar-refractivity contribution in [1.82, 2.24) is 19.5 Å². The van der Waals surface area contributed by atoms with E-state index in [-0.39, 0.29) is 11.5 Å². The Balaban J connectivity index is 1.51. The molecule has 1 saturated heterocycles. The molecular weight excluding hydrogens is 338 g/mol. The highest BCUT2D eigenvalue weighted by molar-refractivity contribution is 5.41. The second kappa shape index (κ2) is 6.64. The highest BCUT2D eigenvalue weighted by atomic mass is 19.2. The minimum Gasteiger partial charge on any atom is -0.298 e. The first-order valence-electron chi connectivity index (χ1n) is 8.81. The van der Waals surface area contributed by atoms with Gasteiger partial charge < -0.3 is 0 Å². The van der Waals surface area contributed by atoms with E-state index in [1.807, 2.05) is 13.0 Å². The predicted octanol–water partition coefficient (Wildman–Crippen LogP) is 2.85. The maximum atomic E-state index is 13.4. The third kappa shape index (κ3) is 3.14. The van der Waals surface area contributed by atoms with Gasteiger partial charge in [0.25, 0.3) is 5.56 Å². The lowest BCUT2D eigenvalue weighted by atomic mass is 10.1. The van der Waals surface area contributed by atoms with Crippen molar-refractivity contribution in [1.29, 1.82) is 0 Å². The summed E-state index contributed by atoms with van der Waals surface area (Å²) in [5.41, 5.74) is 3.06. The molecule has 1 N–H and O–H groups in total. The van der Waals surface area contributed by atoms with Gasteiger partial charge in [-0.3, -0.25) is 14.8 Å². The fourth-order valence-electron chi connectivity index (χ4n) is 3.58. The molecule has 0 saturated carbocycles. The summed E-state index contributed by atoms with van der Waals surface area (Å²) in [6.45, 7) is 4.20. The summed E-state index contributed by atoms with van der Waals surface area (Å²) in [5.74, 6) is -1.38. The van der Waals surface area contributed by atoms with E-state index in [9.17, 15) is 13.6 Å². The van der Waals surface area contributed by atoms with Crippen molar-refractivity contribution in [2.45, 2.75) is 32.2 Å². The van der Waals surface area contributed by atoms with Crippen molar-refractivity contribution < 1.29 is 8.78 Å². The van der Waals surface area contributed by atoms with E-state index in [1.54, 1.807) is 12.1 Å². The molecule has 1 fully saturated rings. The molecule has 2 aromatic heterocycles. The number of aromatic amines is 1. The summed E-state index contributed by atoms with van der Waals surface area (Å²) in [6, 6.07) is 7.52. The molecule has 1 atom stereocenters. The average molecular weight is 358 g/mol. The smallest absolute Gasteiger partial charge is 0.272 e. The number of halogens is 2. The highest BCUT2D eigenvalue weighted by Crippen LogP contribution is 2.27. The van der Waals surface area contributed by atoms with Gasteiger partial charge in [0, 0.05) is 42.5 Å². The average Bonchev–Trinajstić information content (AvgIpc) is 3.25. The van der Waals surface area contributed by atoms with Gasteiger partial charge in [0.15, 0.2) is 17.3 Å². The molecule has 0 amide bonds. The van der Waals surface area contributed by atoms with Gasteiger partial charge >= 0.3 is 0 Å². The van der Waals surface area contributed by atoms with Gasteiger partial charge in [0.1, 0.15) is 0 Å². The van der Waals surface area contributed by atoms with E-state index in [0.29, 0.717) is 12.2 Å². The van der Waals surface area contributed by atoms with Crippen molar-refractivity contribution >= 4 is 5.65 Å². The largest absolute Gasteiger partial charge is 0.298 e. The first kappa shape index (κ1) is 16.9. The van der Waals surface area contributed by atoms with Gasteiger partial charge in [0.2, 0.25) is 0 Å². The molecule has 3 heterocycles. The van der Waals surface area contributed by atoms with Crippen LogP contribution in [0.25, 0.3) is 5.65 Å². The fraction of sp³-hybridized carbons (Fsp3) is 0.368. The summed E-state index contributed by atoms with van der Waals surface area (Å²) in [5, 5.41) is 3.16. The van der Waals surface area contributed by atoms with Crippen LogP contribution in [0.2, 0.25) is 0 Å². The summed E-state index contributed by atoms with van der Waals surface area (Å²) in [4.78, 5) is 18.9. The van der Waals surface area contributed by atoms with Crippen molar-refractivity contribution in [3.8, 4) is 0 Å². The van der Waals surface area contributed by atoms with Gasteiger partial charge in [-0.15, -0.1) is 0 Å². The first-order chi connectivity index (χ1) is 12.5. The number of H-pyrrole nitrogens is 1. The number of fused-ring (bicyclic) bond motifs is 1. The quantitative estimate of drug-likeness (QED) is 0.780. The minimum absolute atomic E-state index is 0.102. The number of hydrogen-bond acceptors (Lipinski definition) is 3. The Hall–Kier alpha value is -2.54. The predicted molar refractivity (Wildman–Crippen MR) is 94.2 cm³/mol. The van der Waals surface area contributed by atoms with E-state index >= 15 is 0 Å². The number of aryl methyl sites for hydroxylation is 1. The number of aromatic nitrogens is 3. The zero-order valence-corrected chi connectivity index (χ0v) is 14.5. The Morgan fingerprint density at radius 1 is 1.23 bits per heavy atom. The van der Waals surface area contributed by atoms with E-state index in [2.05, 4.69) is 15.0 Å². The van der Waals surface area contributed by atoms with Gasteiger partial charge in [-0.25, -0.2) is 18.3 Å². The molecule has 0 unspecified atom stereocenters. The van der Waals surface area contributed by atoms with Gasteiger partial charge in [-0.1, -0.05) is 13.0 Å². The number of nitrogens with zero attached hydrogens (tertiary/aromatic N) is 3. The Bertz CT molecular complexity index is 1010. The minimum atomic E-state index is -0.824. The molecule has 5 nitrogen and oxygen atoms in total. The highest BCUT2D eigenvalue weighted by Gasteiger charge is 2.26. The number of hydrogen-bond donors (Lipinski definition) is 1. The molecule has 1 aromatic carbocycles. The Labute approximate surface area is 149 Å². The lowest BCUT2D eigenvalue weighted by Crippen LogP contribution is -2.20. The van der Waals surface area contributed by atoms with Crippen LogP contribution in [0.1, 0.15) is 36.2 Å². The number of likely N-dealkylation sites (tertiary alicyclic amines) is 1. The molecule has 7 heteroatoms. The molecule has 0 bridgehead atoms. The molecule has 3 aromatic rings. The van der Waals surface area contributed by atoms with Crippen molar-refractivity contribution in [2.24, 2.45) is 0 Å². The van der Waals surface area contributed by atoms with Gasteiger partial charge in [-0.05, 0) is 37.1 Å². The van der Waals surface area contributed by atoms with Crippen LogP contribution in [0.5, 0.6) is 0 Å². The number of nitrogens with one attached hydrogen (secondary N) is 1. The van der Waals surface area contributed by atoms with Crippen LogP contribution in [-0.4, -0.2) is 32.6 Å². The molecule has 1 aliphatic rings. The third-order valence-electron chi connectivity index (χ3n) is 4.99. The molecule has 26 heavy (non-hydrogen) atoms. The molecule has 0 spiro atoms. The second-order valence-electron chi connectivity index (χ2n) is 6.81. The summed E-state index contributed by atoms with van der Waals surface area (Å²) in [6.07, 6.45) is 1.66. The Morgan fingerprint density at radius 2 is 2.08 bits per heavy atom. The first-order valence-corrected chi connectivity index (χ1v) is 8.81. The molecule has 136 valence electrons. The number of rotatable bonds is 4. The molecule has 0 aliphatic carbocycles. The zero-order chi connectivity index (χ0) is 18.3. The van der Waals surface area contributed by atoms with E-state index in [1.165, 1.54) is 16.6 Å². The van der Waals surface area contributed by atoms with Crippen LogP contribution < -0.4 is 5.56 Å². The van der Waals surface area contributed by atoms with E-state index < -0.39 is 11.6 Å². The lowest BCUT2D eigenvalue weighted by molar-refractivity contribution is 0.325. The van der Waals surface area contributed by atoms with Crippen LogP contribution >= 0.6 is 0 Å². The zero-order valence-electron chi connectivity index (χ0n) is 14.5. The molecular formula is C19H20F2N4O. The normalized spacial score (nSPS) is 18.0. The lowest BCUT2D eigenvalue weighted by Gasteiger charge is -2.15. The molecule has 4 rings (SSSR count). The van der Waals surface area contributed by atoms with Crippen LogP contribution in [0.15, 0.2) is 35.1 Å². The van der Waals surface area contributed by atoms with E-state index in [4.69, 9.17) is 0 Å². The van der Waals surface area contributed by atoms with E-state index in [0.717, 1.165) is 42.9 Å². The van der Waals surface area contributed by atoms with Crippen LogP contribution in [0, 0.1) is 11.6 Å². The standard InChI is InChI=1S/C19H20F2N4O/c1-2-14-8-19(26)25-18(22-14)9-17(23-25)13-5-6-24(11-13)10-12-3-4-15(20)16(21)7-12/h3-4,7-9,13,23H,2,5-6,10-11H2,1H3/t13-/m1/s1. The summed E-state index contributed by atoms with van der Waals surface area (Å²) in [7, 11) is 0. The maximum absolute atomic E-state index is 13.4. The molecule has 1 aliphatic heterocycles. The second-order valence-corrected chi connectivity index (χ2v) is 6.81. The number of benzene rings is 1. The SMILES string of the molecule is CCc1cc(=O)n2[nH]c([C@@H]3CCN(Cc4ccc(F)c(F)c4)C3)cc2n1. The van der Waals surface area contributed by atoms with Crippen LogP contribution in [0.4, 0.5) is 8.78 Å². The van der Waals surface area contributed by atoms with Crippen molar-refractivity contribution in [2.75, 3.05) is 13.1 Å². The molecule has 0 radical (unpaired) electrons. The Morgan fingerprint density at radius 3 is 2.85 bits per heavy atom. The fourth-order valence-corrected chi connectivity index (χ4v) is 3.58. The topological polar surface area (TPSA) is 53.4 Å². The van der Waals surface area contributed by atoms with Crippen molar-refractivity contribution in [3.05, 3.63) is 69.3 Å². The summed E-state index contributed by atoms with van der Waals surface area (Å²) >= 11 is 0.